The minimum atomic E-state index is -0.598. The van der Waals surface area contributed by atoms with Gasteiger partial charge in [0.15, 0.2) is 5.82 Å². The van der Waals surface area contributed by atoms with E-state index in [4.69, 9.17) is 16.3 Å². The Morgan fingerprint density at radius 2 is 1.56 bits per heavy atom. The highest BCUT2D eigenvalue weighted by molar-refractivity contribution is 6.30. The molecule has 1 fully saturated rings. The van der Waals surface area contributed by atoms with E-state index in [1.165, 1.54) is 82.6 Å². The molecule has 1 aromatic heterocycles. The molecule has 0 unspecified atom stereocenters. The number of carbonyl (C=O) groups excluding carboxylic acids is 1. The average molecular weight is 513 g/mol. The van der Waals surface area contributed by atoms with Gasteiger partial charge in [0.05, 0.1) is 0 Å². The fourth-order valence-corrected chi connectivity index (χ4v) is 5.32. The van der Waals surface area contributed by atoms with E-state index in [9.17, 15) is 4.79 Å². The van der Waals surface area contributed by atoms with Crippen LogP contribution in [0.15, 0.2) is 36.7 Å². The van der Waals surface area contributed by atoms with E-state index in [2.05, 4.69) is 16.9 Å². The second kappa shape index (κ2) is 16.7. The van der Waals surface area contributed by atoms with Crippen molar-refractivity contribution in [3.8, 4) is 17.1 Å². The van der Waals surface area contributed by atoms with E-state index < -0.39 is 5.38 Å². The third-order valence-corrected chi connectivity index (χ3v) is 7.80. The standard InChI is InChI=1S/C31H45ClN2O2/c1-2-3-4-11-18-29(32)31(35)36-28-21-19-27(20-22-28)30-33-23-26(24-34-30)17-10-8-6-5-7-9-14-25-15-12-13-16-25/h19-25,29H,2-18H2,1H3/t29-/m1/s1. The molecule has 1 heterocycles. The first-order valence-corrected chi connectivity index (χ1v) is 14.9. The second-order valence-corrected chi connectivity index (χ2v) is 11.0. The number of esters is 1. The smallest absolute Gasteiger partial charge is 0.329 e. The molecule has 0 bridgehead atoms. The van der Waals surface area contributed by atoms with Gasteiger partial charge in [-0.2, -0.15) is 0 Å². The molecule has 198 valence electrons. The molecule has 1 aliphatic rings. The van der Waals surface area contributed by atoms with Gasteiger partial charge in [-0.3, -0.25) is 4.79 Å². The van der Waals surface area contributed by atoms with Crippen molar-refractivity contribution in [1.29, 1.82) is 0 Å². The van der Waals surface area contributed by atoms with Crippen molar-refractivity contribution in [2.45, 2.75) is 121 Å². The number of hydrogen-bond acceptors (Lipinski definition) is 4. The highest BCUT2D eigenvalue weighted by atomic mass is 35.5. The molecule has 3 rings (SSSR count). The minimum absolute atomic E-state index is 0.384. The number of aryl methyl sites for hydroxylation is 1. The quantitative estimate of drug-likeness (QED) is 0.0917. The topological polar surface area (TPSA) is 52.1 Å². The summed E-state index contributed by atoms with van der Waals surface area (Å²) in [5.74, 6) is 1.84. The van der Waals surface area contributed by atoms with Gasteiger partial charge in [-0.05, 0) is 55.0 Å². The first-order valence-electron chi connectivity index (χ1n) is 14.4. The second-order valence-electron chi connectivity index (χ2n) is 10.5. The van der Waals surface area contributed by atoms with E-state index in [1.807, 2.05) is 24.5 Å². The fraction of sp³-hybridized carbons (Fsp3) is 0.645. The number of ether oxygens (including phenoxy) is 1. The zero-order valence-corrected chi connectivity index (χ0v) is 23.0. The summed E-state index contributed by atoms with van der Waals surface area (Å²) in [4.78, 5) is 21.3. The Kier molecular flexibility index (Phi) is 13.3. The SMILES string of the molecule is CCCCCC[C@@H](Cl)C(=O)Oc1ccc(-c2ncc(CCCCCCCCC3CCCC3)cn2)cc1. The summed E-state index contributed by atoms with van der Waals surface area (Å²) in [6, 6.07) is 7.32. The Balaban J connectivity index is 1.31. The molecule has 2 aromatic rings. The van der Waals surface area contributed by atoms with Crippen molar-refractivity contribution in [3.63, 3.8) is 0 Å². The normalized spacial score (nSPS) is 14.7. The van der Waals surface area contributed by atoms with Crippen molar-refractivity contribution in [1.82, 2.24) is 9.97 Å². The zero-order chi connectivity index (χ0) is 25.4. The monoisotopic (exact) mass is 512 g/mol. The van der Waals surface area contributed by atoms with Crippen molar-refractivity contribution in [2.24, 2.45) is 5.92 Å². The third-order valence-electron chi connectivity index (χ3n) is 7.41. The predicted octanol–water partition coefficient (Wildman–Crippen LogP) is 9.09. The maximum atomic E-state index is 12.2. The number of aromatic nitrogens is 2. The molecule has 1 atom stereocenters. The molecule has 0 saturated heterocycles. The number of rotatable bonds is 17. The van der Waals surface area contributed by atoms with Gasteiger partial charge in [0, 0.05) is 18.0 Å². The van der Waals surface area contributed by atoms with Crippen molar-refractivity contribution < 1.29 is 9.53 Å². The molecule has 0 spiro atoms. The Labute approximate surface area is 223 Å². The summed E-state index contributed by atoms with van der Waals surface area (Å²) in [7, 11) is 0. The van der Waals surface area contributed by atoms with Gasteiger partial charge in [-0.1, -0.05) is 96.8 Å². The number of alkyl halides is 1. The number of benzene rings is 1. The maximum absolute atomic E-state index is 12.2. The number of hydrogen-bond donors (Lipinski definition) is 0. The van der Waals surface area contributed by atoms with Crippen LogP contribution in [-0.4, -0.2) is 21.3 Å². The fourth-order valence-electron chi connectivity index (χ4n) is 5.12. The summed E-state index contributed by atoms with van der Waals surface area (Å²) in [6.07, 6.45) is 25.3. The molecule has 0 aliphatic heterocycles. The summed E-state index contributed by atoms with van der Waals surface area (Å²) >= 11 is 6.20. The van der Waals surface area contributed by atoms with Crippen LogP contribution in [0.3, 0.4) is 0 Å². The van der Waals surface area contributed by atoms with Crippen LogP contribution in [0.5, 0.6) is 5.75 Å². The largest absolute Gasteiger partial charge is 0.425 e. The van der Waals surface area contributed by atoms with Crippen molar-refractivity contribution in [3.05, 3.63) is 42.2 Å². The molecular formula is C31H45ClN2O2. The van der Waals surface area contributed by atoms with E-state index >= 15 is 0 Å². The molecule has 0 amide bonds. The lowest BCUT2D eigenvalue weighted by Gasteiger charge is -2.10. The summed E-state index contributed by atoms with van der Waals surface area (Å²) in [6.45, 7) is 2.16. The average Bonchev–Trinajstić information content (AvgIpc) is 3.42. The lowest BCUT2D eigenvalue weighted by atomic mass is 9.99. The highest BCUT2D eigenvalue weighted by Gasteiger charge is 2.17. The Bertz CT molecular complexity index is 863. The van der Waals surface area contributed by atoms with Crippen LogP contribution < -0.4 is 4.74 Å². The molecule has 4 nitrogen and oxygen atoms in total. The first-order chi connectivity index (χ1) is 17.7. The molecule has 1 aromatic carbocycles. The van der Waals surface area contributed by atoms with Gasteiger partial charge in [0.2, 0.25) is 0 Å². The number of carbonyl (C=O) groups is 1. The van der Waals surface area contributed by atoms with Crippen LogP contribution in [0.1, 0.15) is 115 Å². The van der Waals surface area contributed by atoms with Gasteiger partial charge in [0.1, 0.15) is 11.1 Å². The van der Waals surface area contributed by atoms with Crippen LogP contribution in [-0.2, 0) is 11.2 Å². The van der Waals surface area contributed by atoms with Gasteiger partial charge in [-0.25, -0.2) is 9.97 Å². The van der Waals surface area contributed by atoms with Gasteiger partial charge >= 0.3 is 5.97 Å². The third kappa shape index (κ3) is 10.6. The Morgan fingerprint density at radius 3 is 2.25 bits per heavy atom. The molecule has 0 N–H and O–H groups in total. The van der Waals surface area contributed by atoms with Crippen LogP contribution >= 0.6 is 11.6 Å². The maximum Gasteiger partial charge on any atom is 0.329 e. The molecular weight excluding hydrogens is 468 g/mol. The molecule has 5 heteroatoms. The summed E-state index contributed by atoms with van der Waals surface area (Å²) in [5.41, 5.74) is 2.10. The summed E-state index contributed by atoms with van der Waals surface area (Å²) in [5, 5.41) is -0.598. The van der Waals surface area contributed by atoms with Gasteiger partial charge in [0.25, 0.3) is 0 Å². The lowest BCUT2D eigenvalue weighted by molar-refractivity contribution is -0.134. The van der Waals surface area contributed by atoms with Crippen LogP contribution in [0.4, 0.5) is 0 Å². The molecule has 1 saturated carbocycles. The first kappa shape index (κ1) is 28.6. The number of unbranched alkanes of at least 4 members (excludes halogenated alkanes) is 8. The Hall–Kier alpha value is -1.94. The predicted molar refractivity (Wildman–Crippen MR) is 149 cm³/mol. The summed E-state index contributed by atoms with van der Waals surface area (Å²) < 4.78 is 5.44. The van der Waals surface area contributed by atoms with Crippen LogP contribution in [0, 0.1) is 5.92 Å². The molecule has 1 aliphatic carbocycles. The lowest BCUT2D eigenvalue weighted by Crippen LogP contribution is -2.20. The number of nitrogens with zero attached hydrogens (tertiary/aromatic N) is 2. The zero-order valence-electron chi connectivity index (χ0n) is 22.2. The van der Waals surface area contributed by atoms with Crippen molar-refractivity contribution in [2.75, 3.05) is 0 Å². The highest BCUT2D eigenvalue weighted by Crippen LogP contribution is 2.29. The van der Waals surface area contributed by atoms with Gasteiger partial charge in [-0.15, -0.1) is 11.6 Å². The van der Waals surface area contributed by atoms with Gasteiger partial charge < -0.3 is 4.74 Å². The van der Waals surface area contributed by atoms with Crippen LogP contribution in [0.2, 0.25) is 0 Å². The van der Waals surface area contributed by atoms with Crippen molar-refractivity contribution >= 4 is 17.6 Å². The molecule has 0 radical (unpaired) electrons. The molecule has 36 heavy (non-hydrogen) atoms. The van der Waals surface area contributed by atoms with E-state index in [1.54, 1.807) is 12.1 Å². The van der Waals surface area contributed by atoms with E-state index in [0.29, 0.717) is 18.0 Å². The minimum Gasteiger partial charge on any atom is -0.425 e. The van der Waals surface area contributed by atoms with E-state index in [-0.39, 0.29) is 5.97 Å². The van der Waals surface area contributed by atoms with E-state index in [0.717, 1.165) is 37.2 Å². The van der Waals surface area contributed by atoms with Crippen LogP contribution in [0.25, 0.3) is 11.4 Å². The number of halogens is 1. The Morgan fingerprint density at radius 1 is 0.917 bits per heavy atom.